The van der Waals surface area contributed by atoms with E-state index in [2.05, 4.69) is 153 Å². The molecule has 10 rings (SSSR count). The molecule has 1 aliphatic carbocycles. The van der Waals surface area contributed by atoms with Crippen molar-refractivity contribution in [3.63, 3.8) is 0 Å². The molecule has 250 valence electrons. The van der Waals surface area contributed by atoms with Crippen LogP contribution in [0, 0.1) is 0 Å². The minimum Gasteiger partial charge on any atom is -0.208 e. The number of rotatable bonds is 5. The maximum absolute atomic E-state index is 5.18. The summed E-state index contributed by atoms with van der Waals surface area (Å²) in [6.45, 7) is 4.69. The van der Waals surface area contributed by atoms with E-state index in [0.717, 1.165) is 33.2 Å². The monoisotopic (exact) mass is 677 g/mol. The Kier molecular flexibility index (Phi) is 7.16. The Hall–Kier alpha value is -6.71. The molecule has 1 aromatic heterocycles. The van der Waals surface area contributed by atoms with E-state index in [-0.39, 0.29) is 5.41 Å². The van der Waals surface area contributed by atoms with Crippen molar-refractivity contribution in [2.24, 2.45) is 0 Å². The predicted molar refractivity (Wildman–Crippen MR) is 220 cm³/mol. The standard InChI is InChI=1S/C50H35N3/c1-50(2)44-24-14-13-23-40(44)41-27-26-35(31-45(41)50)36-29-30-42(39-22-12-11-21-38(36)39)46-37-20-10-9-15-32(37)25-28-43(46)49-52-47(33-16-5-3-6-17-33)51-48(53-49)34-18-7-4-8-19-34/h3-31H,1-2H3. The summed E-state index contributed by atoms with van der Waals surface area (Å²) in [7, 11) is 0. The van der Waals surface area contributed by atoms with Crippen LogP contribution in [0.2, 0.25) is 0 Å². The molecule has 1 aliphatic rings. The van der Waals surface area contributed by atoms with E-state index in [0.29, 0.717) is 17.5 Å². The highest BCUT2D eigenvalue weighted by atomic mass is 15.0. The Morgan fingerprint density at radius 3 is 1.57 bits per heavy atom. The zero-order valence-corrected chi connectivity index (χ0v) is 29.6. The van der Waals surface area contributed by atoms with Crippen LogP contribution in [0.15, 0.2) is 176 Å². The SMILES string of the molecule is CC1(C)c2ccccc2-c2ccc(-c3ccc(-c4c(-c5nc(-c6ccccc6)nc(-c6ccccc6)n5)ccc5ccccc45)c4ccccc34)cc21. The number of benzene rings is 8. The van der Waals surface area contributed by atoms with Gasteiger partial charge in [-0.05, 0) is 72.6 Å². The van der Waals surface area contributed by atoms with Gasteiger partial charge in [0.15, 0.2) is 17.5 Å². The quantitative estimate of drug-likeness (QED) is 0.182. The highest BCUT2D eigenvalue weighted by molar-refractivity contribution is 6.13. The first-order valence-corrected chi connectivity index (χ1v) is 18.2. The second-order valence-electron chi connectivity index (χ2n) is 14.4. The molecule has 0 bridgehead atoms. The highest BCUT2D eigenvalue weighted by Gasteiger charge is 2.35. The molecule has 9 aromatic rings. The third-order valence-electron chi connectivity index (χ3n) is 11.0. The van der Waals surface area contributed by atoms with Gasteiger partial charge in [0, 0.05) is 27.7 Å². The minimum absolute atomic E-state index is 0.0721. The van der Waals surface area contributed by atoms with Crippen LogP contribution < -0.4 is 0 Å². The zero-order valence-electron chi connectivity index (χ0n) is 29.6. The Bertz CT molecular complexity index is 2800. The maximum Gasteiger partial charge on any atom is 0.164 e. The summed E-state index contributed by atoms with van der Waals surface area (Å²) in [6.07, 6.45) is 0. The summed E-state index contributed by atoms with van der Waals surface area (Å²) in [4.78, 5) is 15.3. The van der Waals surface area contributed by atoms with Crippen molar-refractivity contribution in [2.75, 3.05) is 0 Å². The van der Waals surface area contributed by atoms with E-state index >= 15 is 0 Å². The molecule has 0 atom stereocenters. The van der Waals surface area contributed by atoms with Crippen LogP contribution in [0.5, 0.6) is 0 Å². The van der Waals surface area contributed by atoms with E-state index in [1.54, 1.807) is 0 Å². The van der Waals surface area contributed by atoms with Crippen molar-refractivity contribution in [2.45, 2.75) is 19.3 Å². The Morgan fingerprint density at radius 2 is 0.849 bits per heavy atom. The fraction of sp³-hybridized carbons (Fsp3) is 0.0600. The van der Waals surface area contributed by atoms with E-state index in [9.17, 15) is 0 Å². The maximum atomic E-state index is 5.18. The topological polar surface area (TPSA) is 38.7 Å². The summed E-state index contributed by atoms with van der Waals surface area (Å²) in [5.74, 6) is 1.94. The lowest BCUT2D eigenvalue weighted by Crippen LogP contribution is -2.14. The molecule has 0 spiro atoms. The normalized spacial score (nSPS) is 12.9. The van der Waals surface area contributed by atoms with Gasteiger partial charge >= 0.3 is 0 Å². The number of hydrogen-bond donors (Lipinski definition) is 0. The fourth-order valence-electron chi connectivity index (χ4n) is 8.32. The summed E-state index contributed by atoms with van der Waals surface area (Å²) in [5, 5.41) is 4.72. The first kappa shape index (κ1) is 31.1. The van der Waals surface area contributed by atoms with E-state index in [4.69, 9.17) is 15.0 Å². The molecule has 0 amide bonds. The molecular weight excluding hydrogens is 643 g/mol. The second kappa shape index (κ2) is 12.2. The molecule has 53 heavy (non-hydrogen) atoms. The van der Waals surface area contributed by atoms with Gasteiger partial charge in [0.05, 0.1) is 0 Å². The van der Waals surface area contributed by atoms with Crippen molar-refractivity contribution in [3.8, 4) is 67.5 Å². The molecule has 1 heterocycles. The van der Waals surface area contributed by atoms with Crippen molar-refractivity contribution in [1.29, 1.82) is 0 Å². The average molecular weight is 678 g/mol. The minimum atomic E-state index is -0.0721. The van der Waals surface area contributed by atoms with Crippen molar-refractivity contribution < 1.29 is 0 Å². The average Bonchev–Trinajstić information content (AvgIpc) is 3.46. The van der Waals surface area contributed by atoms with Crippen molar-refractivity contribution in [1.82, 2.24) is 15.0 Å². The molecular formula is C50H35N3. The van der Waals surface area contributed by atoms with Crippen molar-refractivity contribution >= 4 is 21.5 Å². The Morgan fingerprint density at radius 1 is 0.340 bits per heavy atom. The van der Waals surface area contributed by atoms with Gasteiger partial charge in [-0.25, -0.2) is 15.0 Å². The molecule has 0 N–H and O–H groups in total. The van der Waals surface area contributed by atoms with Crippen molar-refractivity contribution in [3.05, 3.63) is 187 Å². The number of nitrogens with zero attached hydrogens (tertiary/aromatic N) is 3. The van der Waals surface area contributed by atoms with Crippen LogP contribution in [0.25, 0.3) is 89.1 Å². The van der Waals surface area contributed by atoms with E-state index in [1.807, 2.05) is 36.4 Å². The molecule has 3 nitrogen and oxygen atoms in total. The predicted octanol–water partition coefficient (Wildman–Crippen LogP) is 12.8. The van der Waals surface area contributed by atoms with Crippen LogP contribution in [0.3, 0.4) is 0 Å². The highest BCUT2D eigenvalue weighted by Crippen LogP contribution is 2.50. The molecule has 0 radical (unpaired) electrons. The third kappa shape index (κ3) is 5.08. The first-order chi connectivity index (χ1) is 26.0. The molecule has 0 unspecified atom stereocenters. The van der Waals surface area contributed by atoms with Crippen LogP contribution in [0.1, 0.15) is 25.0 Å². The van der Waals surface area contributed by atoms with Gasteiger partial charge in [-0.15, -0.1) is 0 Å². The summed E-state index contributed by atoms with van der Waals surface area (Å²) in [5.41, 5.74) is 12.9. The van der Waals surface area contributed by atoms with Crippen LogP contribution in [-0.2, 0) is 5.41 Å². The lowest BCUT2D eigenvalue weighted by atomic mass is 9.81. The second-order valence-corrected chi connectivity index (χ2v) is 14.4. The largest absolute Gasteiger partial charge is 0.208 e. The van der Waals surface area contributed by atoms with Gasteiger partial charge in [0.2, 0.25) is 0 Å². The van der Waals surface area contributed by atoms with Gasteiger partial charge in [-0.3, -0.25) is 0 Å². The zero-order chi connectivity index (χ0) is 35.5. The van der Waals surface area contributed by atoms with Gasteiger partial charge < -0.3 is 0 Å². The van der Waals surface area contributed by atoms with Crippen LogP contribution in [-0.4, -0.2) is 15.0 Å². The summed E-state index contributed by atoms with van der Waals surface area (Å²) in [6, 6.07) is 62.6. The molecule has 0 saturated heterocycles. The molecule has 0 fully saturated rings. The Labute approximate surface area is 309 Å². The van der Waals surface area contributed by atoms with E-state index in [1.165, 1.54) is 49.5 Å². The van der Waals surface area contributed by atoms with E-state index < -0.39 is 0 Å². The molecule has 0 aliphatic heterocycles. The fourth-order valence-corrected chi connectivity index (χ4v) is 8.32. The summed E-state index contributed by atoms with van der Waals surface area (Å²) >= 11 is 0. The van der Waals surface area contributed by atoms with Gasteiger partial charge in [-0.1, -0.05) is 178 Å². The molecule has 3 heteroatoms. The summed E-state index contributed by atoms with van der Waals surface area (Å²) < 4.78 is 0. The number of hydrogen-bond acceptors (Lipinski definition) is 3. The van der Waals surface area contributed by atoms with Gasteiger partial charge in [0.1, 0.15) is 0 Å². The van der Waals surface area contributed by atoms with Gasteiger partial charge in [0.25, 0.3) is 0 Å². The third-order valence-corrected chi connectivity index (χ3v) is 11.0. The van der Waals surface area contributed by atoms with Crippen LogP contribution in [0.4, 0.5) is 0 Å². The first-order valence-electron chi connectivity index (χ1n) is 18.2. The molecule has 0 saturated carbocycles. The van der Waals surface area contributed by atoms with Crippen LogP contribution >= 0.6 is 0 Å². The lowest BCUT2D eigenvalue weighted by molar-refractivity contribution is 0.660. The lowest BCUT2D eigenvalue weighted by Gasteiger charge is -2.22. The number of fused-ring (bicyclic) bond motifs is 5. The van der Waals surface area contributed by atoms with Gasteiger partial charge in [-0.2, -0.15) is 0 Å². The smallest absolute Gasteiger partial charge is 0.164 e. The molecule has 8 aromatic carbocycles. The Balaban J connectivity index is 1.20. The number of aromatic nitrogens is 3.